The molecule has 0 aliphatic rings. The molecule has 0 radical (unpaired) electrons. The minimum atomic E-state index is -1.17. The topological polar surface area (TPSA) is 143 Å². The maximum Gasteiger partial charge on any atom is 0.410 e. The fourth-order valence-electron chi connectivity index (χ4n) is 3.76. The number of carbonyl (C=O) groups is 3. The molecule has 0 spiro atoms. The number of allylic oxidation sites excluding steroid dienone is 1. The van der Waals surface area contributed by atoms with Crippen molar-refractivity contribution in [3.05, 3.63) is 64.6 Å². The molecule has 3 amide bonds. The third-order valence-electron chi connectivity index (χ3n) is 5.85. The van der Waals surface area contributed by atoms with Crippen LogP contribution in [0.25, 0.3) is 11.0 Å². The minimum absolute atomic E-state index is 0.0503. The lowest BCUT2D eigenvalue weighted by molar-refractivity contribution is -0.125. The number of H-pyrrole nitrogens is 1. The molecule has 12 nitrogen and oxygen atoms in total. The van der Waals surface area contributed by atoms with Crippen molar-refractivity contribution in [1.29, 1.82) is 0 Å². The van der Waals surface area contributed by atoms with E-state index in [2.05, 4.69) is 27.2 Å². The number of aromatic nitrogens is 4. The first-order valence-corrected chi connectivity index (χ1v) is 12.7. The third kappa shape index (κ3) is 7.76. The van der Waals surface area contributed by atoms with Gasteiger partial charge in [-0.15, -0.1) is 0 Å². The first-order chi connectivity index (χ1) is 18.6. The maximum absolute atomic E-state index is 13.2. The second-order valence-electron chi connectivity index (χ2n) is 9.45. The number of amides is 3. The van der Waals surface area contributed by atoms with Gasteiger partial charge < -0.3 is 29.4 Å². The van der Waals surface area contributed by atoms with Gasteiger partial charge in [0.2, 0.25) is 5.91 Å². The van der Waals surface area contributed by atoms with E-state index in [1.807, 2.05) is 6.07 Å². The van der Waals surface area contributed by atoms with Crippen LogP contribution in [0.5, 0.6) is 0 Å². The van der Waals surface area contributed by atoms with Gasteiger partial charge in [-0.05, 0) is 43.5 Å². The normalized spacial score (nSPS) is 11.9. The van der Waals surface area contributed by atoms with E-state index in [1.165, 1.54) is 46.9 Å². The highest BCUT2D eigenvalue weighted by Crippen LogP contribution is 2.17. The van der Waals surface area contributed by atoms with Crippen LogP contribution in [0.1, 0.15) is 37.6 Å². The summed E-state index contributed by atoms with van der Waals surface area (Å²) in [6, 6.07) is 5.02. The van der Waals surface area contributed by atoms with E-state index >= 15 is 0 Å². The number of rotatable bonds is 11. The van der Waals surface area contributed by atoms with Gasteiger partial charge in [0.1, 0.15) is 12.0 Å². The number of pyridine rings is 1. The Morgan fingerprint density at radius 3 is 2.64 bits per heavy atom. The zero-order chi connectivity index (χ0) is 28.5. The molecule has 3 heterocycles. The van der Waals surface area contributed by atoms with Gasteiger partial charge in [-0.3, -0.25) is 14.4 Å². The molecule has 0 aliphatic heterocycles. The van der Waals surface area contributed by atoms with E-state index in [0.717, 1.165) is 35.3 Å². The van der Waals surface area contributed by atoms with Gasteiger partial charge in [0, 0.05) is 40.1 Å². The van der Waals surface area contributed by atoms with Crippen LogP contribution in [0.15, 0.2) is 47.7 Å². The third-order valence-corrected chi connectivity index (χ3v) is 5.85. The number of hydrogen-bond acceptors (Lipinski definition) is 7. The number of aromatic amines is 1. The summed E-state index contributed by atoms with van der Waals surface area (Å²) in [5.74, 6) is -0.841. The average molecular weight is 538 g/mol. The van der Waals surface area contributed by atoms with Crippen molar-refractivity contribution in [1.82, 2.24) is 29.3 Å². The van der Waals surface area contributed by atoms with Gasteiger partial charge in [0.05, 0.1) is 23.3 Å². The number of anilines is 1. The van der Waals surface area contributed by atoms with E-state index < -0.39 is 23.7 Å². The molecule has 0 aliphatic carbocycles. The van der Waals surface area contributed by atoms with Crippen LogP contribution in [0.2, 0.25) is 0 Å². The number of hydrogen-bond donors (Lipinski definition) is 2. The molecule has 0 bridgehead atoms. The first-order valence-electron chi connectivity index (χ1n) is 12.7. The lowest BCUT2D eigenvalue weighted by Gasteiger charge is -2.19. The predicted octanol–water partition coefficient (Wildman–Crippen LogP) is 2.55. The summed E-state index contributed by atoms with van der Waals surface area (Å²) in [7, 11) is 6.27. The van der Waals surface area contributed by atoms with Gasteiger partial charge >= 0.3 is 6.09 Å². The molecule has 3 rings (SSSR count). The summed E-state index contributed by atoms with van der Waals surface area (Å²) >= 11 is 0. The second kappa shape index (κ2) is 13.4. The Hall–Kier alpha value is -4.48. The van der Waals surface area contributed by atoms with Crippen molar-refractivity contribution in [3.8, 4) is 0 Å². The number of nitrogens with zero attached hydrogens (tertiary/aromatic N) is 5. The van der Waals surface area contributed by atoms with E-state index in [1.54, 1.807) is 32.4 Å². The van der Waals surface area contributed by atoms with Crippen LogP contribution in [0.4, 0.5) is 10.5 Å². The van der Waals surface area contributed by atoms with Crippen molar-refractivity contribution in [2.24, 2.45) is 0 Å². The Labute approximate surface area is 226 Å². The molecule has 39 heavy (non-hydrogen) atoms. The van der Waals surface area contributed by atoms with Gasteiger partial charge in [-0.25, -0.2) is 14.8 Å². The summed E-state index contributed by atoms with van der Waals surface area (Å²) in [6.07, 6.45) is 6.47. The molecule has 12 heteroatoms. The number of likely N-dealkylation sites (N-methyl/N-ethyl adjacent to an activating group) is 1. The summed E-state index contributed by atoms with van der Waals surface area (Å²) in [6.45, 7) is 2.31. The lowest BCUT2D eigenvalue weighted by Crippen LogP contribution is -2.37. The molecular formula is C27H35N7O5. The average Bonchev–Trinajstić information content (AvgIpc) is 3.31. The van der Waals surface area contributed by atoms with Crippen LogP contribution in [-0.4, -0.2) is 81.5 Å². The zero-order valence-corrected chi connectivity index (χ0v) is 22.9. The Bertz CT molecular complexity index is 1410. The molecule has 208 valence electrons. The largest absolute Gasteiger partial charge is 0.436 e. The smallest absolute Gasteiger partial charge is 0.410 e. The molecule has 1 atom stereocenters. The van der Waals surface area contributed by atoms with Gasteiger partial charge in [-0.1, -0.05) is 19.4 Å². The maximum atomic E-state index is 13.2. The summed E-state index contributed by atoms with van der Waals surface area (Å²) in [5.41, 5.74) is 2.94. The Balaban J connectivity index is 1.76. The molecule has 0 fully saturated rings. The summed E-state index contributed by atoms with van der Waals surface area (Å²) in [4.78, 5) is 64.8. The minimum Gasteiger partial charge on any atom is -0.436 e. The van der Waals surface area contributed by atoms with Crippen LogP contribution in [0.3, 0.4) is 0 Å². The highest BCUT2D eigenvalue weighted by Gasteiger charge is 2.24. The number of carbonyl (C=O) groups excluding carboxylic acids is 3. The second-order valence-corrected chi connectivity index (χ2v) is 9.45. The Kier molecular flexibility index (Phi) is 9.96. The van der Waals surface area contributed by atoms with Gasteiger partial charge in [-0.2, -0.15) is 0 Å². The molecule has 3 aromatic rings. The van der Waals surface area contributed by atoms with E-state index in [0.29, 0.717) is 6.42 Å². The van der Waals surface area contributed by atoms with Crippen LogP contribution >= 0.6 is 0 Å². The number of aryl methyl sites for hydroxylation is 1. The van der Waals surface area contributed by atoms with E-state index in [4.69, 9.17) is 4.74 Å². The standard InChI is InChI=1S/C27H35N7O5/c1-6-10-19-24-21(29-17-28-19)15-18(30-24)16-34-14-9-11-20(26(34)37)31-25(36)22(39-27(38)33(4)5)12-7-8-13-23(35)32(2)3/h8-9,11,13-15,17,22,30H,6-7,10,12,16H2,1-5H3,(H,31,36)/b13-8+/t22-/m0/s1. The highest BCUT2D eigenvalue weighted by atomic mass is 16.6. The van der Waals surface area contributed by atoms with Gasteiger partial charge in [0.25, 0.3) is 11.5 Å². The van der Waals surface area contributed by atoms with Gasteiger partial charge in [0.15, 0.2) is 6.10 Å². The molecule has 2 N–H and O–H groups in total. The SMILES string of the molecule is CCCc1ncnc2cc(Cn3cccc(NC(=O)[C@H](CC/C=C/C(=O)N(C)C)OC(=O)N(C)C)c3=O)[nH]c12. The zero-order valence-electron chi connectivity index (χ0n) is 22.9. The Morgan fingerprint density at radius 1 is 1.18 bits per heavy atom. The fourth-order valence-corrected chi connectivity index (χ4v) is 3.76. The lowest BCUT2D eigenvalue weighted by atomic mass is 10.1. The quantitative estimate of drug-likeness (QED) is 0.358. The fraction of sp³-hybridized carbons (Fsp3) is 0.407. The van der Waals surface area contributed by atoms with Crippen molar-refractivity contribution in [2.45, 2.75) is 45.3 Å². The molecule has 3 aromatic heterocycles. The number of fused-ring (bicyclic) bond motifs is 1. The molecular weight excluding hydrogens is 502 g/mol. The molecule has 0 saturated carbocycles. The van der Waals surface area contributed by atoms with Crippen LogP contribution in [-0.2, 0) is 27.3 Å². The first kappa shape index (κ1) is 29.1. The molecule has 0 unspecified atom stereocenters. The molecule has 0 aromatic carbocycles. The van der Waals surface area contributed by atoms with Crippen molar-refractivity contribution in [2.75, 3.05) is 33.5 Å². The highest BCUT2D eigenvalue weighted by molar-refractivity contribution is 5.95. The summed E-state index contributed by atoms with van der Waals surface area (Å²) < 4.78 is 6.81. The van der Waals surface area contributed by atoms with E-state index in [9.17, 15) is 19.2 Å². The van der Waals surface area contributed by atoms with Crippen LogP contribution < -0.4 is 10.9 Å². The van der Waals surface area contributed by atoms with Crippen LogP contribution in [0, 0.1) is 0 Å². The van der Waals surface area contributed by atoms with Crippen molar-refractivity contribution in [3.63, 3.8) is 0 Å². The van der Waals surface area contributed by atoms with Crippen molar-refractivity contribution < 1.29 is 19.1 Å². The van der Waals surface area contributed by atoms with Crippen molar-refractivity contribution >= 4 is 34.6 Å². The predicted molar refractivity (Wildman–Crippen MR) is 147 cm³/mol. The summed E-state index contributed by atoms with van der Waals surface area (Å²) in [5, 5.41) is 2.60. The number of nitrogens with one attached hydrogen (secondary N) is 2. The number of ether oxygens (including phenoxy) is 1. The Morgan fingerprint density at radius 2 is 1.95 bits per heavy atom. The molecule has 0 saturated heterocycles. The monoisotopic (exact) mass is 537 g/mol. The van der Waals surface area contributed by atoms with E-state index in [-0.39, 0.29) is 24.6 Å².